The molecule has 0 unspecified atom stereocenters. The summed E-state index contributed by atoms with van der Waals surface area (Å²) in [6.45, 7) is 0.0698. The van der Waals surface area contributed by atoms with E-state index in [1.165, 1.54) is 12.1 Å². The van der Waals surface area contributed by atoms with Gasteiger partial charge < -0.3 is 5.32 Å². The van der Waals surface area contributed by atoms with E-state index in [-0.39, 0.29) is 34.7 Å². The van der Waals surface area contributed by atoms with Crippen molar-refractivity contribution in [3.8, 4) is 0 Å². The maximum Gasteiger partial charge on any atom is 0.289 e. The third-order valence-corrected chi connectivity index (χ3v) is 4.35. The summed E-state index contributed by atoms with van der Waals surface area (Å²) < 4.78 is 26.4. The van der Waals surface area contributed by atoms with Gasteiger partial charge in [0.25, 0.3) is 11.1 Å². The van der Waals surface area contributed by atoms with Crippen LogP contribution in [0, 0.1) is 11.6 Å². The number of amides is 3. The Morgan fingerprint density at radius 2 is 1.84 bits per heavy atom. The minimum atomic E-state index is -0.799. The molecule has 0 aromatic heterocycles. The highest BCUT2D eigenvalue weighted by Crippen LogP contribution is 2.22. The number of carbonyl (C=O) groups is 3. The van der Waals surface area contributed by atoms with Crippen LogP contribution >= 0.6 is 11.8 Å². The standard InChI is InChI=1S/C17H12F2N2O3S/c18-12-5-13(19)7-14(6-12)20-16(23)11-3-1-2-10(4-11)8-21-15(22)9-25-17(21)24/h1-7H,8-9H2,(H,20,23). The van der Waals surface area contributed by atoms with E-state index in [2.05, 4.69) is 5.32 Å². The van der Waals surface area contributed by atoms with E-state index in [9.17, 15) is 23.2 Å². The smallest absolute Gasteiger partial charge is 0.289 e. The lowest BCUT2D eigenvalue weighted by atomic mass is 10.1. The average Bonchev–Trinajstić information content (AvgIpc) is 2.86. The number of hydrogen-bond acceptors (Lipinski definition) is 4. The number of hydrogen-bond donors (Lipinski definition) is 1. The van der Waals surface area contributed by atoms with E-state index in [1.807, 2.05) is 0 Å². The highest BCUT2D eigenvalue weighted by atomic mass is 32.2. The summed E-state index contributed by atoms with van der Waals surface area (Å²) in [6.07, 6.45) is 0. The number of nitrogens with zero attached hydrogens (tertiary/aromatic N) is 1. The highest BCUT2D eigenvalue weighted by molar-refractivity contribution is 8.14. The summed E-state index contributed by atoms with van der Waals surface area (Å²) in [5.41, 5.74) is 0.838. The van der Waals surface area contributed by atoms with Gasteiger partial charge in [0.1, 0.15) is 11.6 Å². The Bertz CT molecular complexity index is 836. The predicted octanol–water partition coefficient (Wildman–Crippen LogP) is 3.41. The monoisotopic (exact) mass is 362 g/mol. The van der Waals surface area contributed by atoms with Crippen LogP contribution < -0.4 is 5.32 Å². The summed E-state index contributed by atoms with van der Waals surface area (Å²) in [5.74, 6) is -2.31. The Morgan fingerprint density at radius 1 is 1.12 bits per heavy atom. The molecule has 0 aliphatic carbocycles. The second kappa shape index (κ2) is 7.02. The van der Waals surface area contributed by atoms with Crippen molar-refractivity contribution in [2.45, 2.75) is 6.54 Å². The molecule has 5 nitrogen and oxygen atoms in total. The summed E-state index contributed by atoms with van der Waals surface area (Å²) >= 11 is 0.935. The molecule has 1 aliphatic rings. The van der Waals surface area contributed by atoms with Crippen LogP contribution in [0.3, 0.4) is 0 Å². The lowest BCUT2D eigenvalue weighted by Crippen LogP contribution is -2.28. The quantitative estimate of drug-likeness (QED) is 0.905. The number of imide groups is 1. The van der Waals surface area contributed by atoms with Crippen molar-refractivity contribution in [1.82, 2.24) is 4.90 Å². The van der Waals surface area contributed by atoms with Gasteiger partial charge >= 0.3 is 0 Å². The van der Waals surface area contributed by atoms with Crippen molar-refractivity contribution in [2.75, 3.05) is 11.1 Å². The maximum absolute atomic E-state index is 13.2. The predicted molar refractivity (Wildman–Crippen MR) is 89.2 cm³/mol. The Kier molecular flexibility index (Phi) is 4.80. The number of rotatable bonds is 4. The van der Waals surface area contributed by atoms with Crippen LogP contribution in [0.1, 0.15) is 15.9 Å². The van der Waals surface area contributed by atoms with E-state index in [0.717, 1.165) is 28.8 Å². The molecule has 25 heavy (non-hydrogen) atoms. The molecule has 0 bridgehead atoms. The highest BCUT2D eigenvalue weighted by Gasteiger charge is 2.29. The molecule has 128 valence electrons. The van der Waals surface area contributed by atoms with E-state index in [4.69, 9.17) is 0 Å². The Labute approximate surface area is 146 Å². The molecule has 2 aromatic rings. The zero-order valence-electron chi connectivity index (χ0n) is 12.8. The van der Waals surface area contributed by atoms with Crippen LogP contribution in [-0.4, -0.2) is 27.7 Å². The van der Waals surface area contributed by atoms with Gasteiger partial charge in [0.15, 0.2) is 0 Å². The fraction of sp³-hybridized carbons (Fsp3) is 0.118. The van der Waals surface area contributed by atoms with Gasteiger partial charge in [0.2, 0.25) is 5.91 Å². The number of benzene rings is 2. The molecule has 1 saturated heterocycles. The van der Waals surface area contributed by atoms with Crippen LogP contribution in [0.25, 0.3) is 0 Å². The first-order valence-electron chi connectivity index (χ1n) is 7.26. The zero-order chi connectivity index (χ0) is 18.0. The first-order valence-corrected chi connectivity index (χ1v) is 8.24. The molecule has 3 rings (SSSR count). The lowest BCUT2D eigenvalue weighted by Gasteiger charge is -2.13. The molecule has 3 amide bonds. The molecule has 1 N–H and O–H groups in total. The maximum atomic E-state index is 13.2. The minimum absolute atomic E-state index is 0.00537. The van der Waals surface area contributed by atoms with Gasteiger partial charge in [-0.15, -0.1) is 0 Å². The van der Waals surface area contributed by atoms with Crippen molar-refractivity contribution in [3.05, 3.63) is 65.2 Å². The van der Waals surface area contributed by atoms with Crippen molar-refractivity contribution < 1.29 is 23.2 Å². The molecule has 1 heterocycles. The fourth-order valence-corrected chi connectivity index (χ4v) is 3.08. The number of anilines is 1. The molecular weight excluding hydrogens is 350 g/mol. The molecule has 0 atom stereocenters. The van der Waals surface area contributed by atoms with Gasteiger partial charge in [0.05, 0.1) is 12.3 Å². The third-order valence-electron chi connectivity index (χ3n) is 3.49. The van der Waals surface area contributed by atoms with Crippen LogP contribution in [0.15, 0.2) is 42.5 Å². The van der Waals surface area contributed by atoms with Gasteiger partial charge in [-0.1, -0.05) is 23.9 Å². The molecule has 0 saturated carbocycles. The van der Waals surface area contributed by atoms with Crippen LogP contribution in [0.2, 0.25) is 0 Å². The summed E-state index contributed by atoms with van der Waals surface area (Å²) in [7, 11) is 0. The van der Waals surface area contributed by atoms with Crippen LogP contribution in [0.4, 0.5) is 19.3 Å². The lowest BCUT2D eigenvalue weighted by molar-refractivity contribution is -0.125. The van der Waals surface area contributed by atoms with Crippen LogP contribution in [-0.2, 0) is 11.3 Å². The Hall–Kier alpha value is -2.74. The summed E-state index contributed by atoms with van der Waals surface area (Å²) in [6, 6.07) is 9.05. The Balaban J connectivity index is 1.75. The fourth-order valence-electron chi connectivity index (χ4n) is 2.36. The second-order valence-electron chi connectivity index (χ2n) is 5.35. The molecule has 0 radical (unpaired) electrons. The first kappa shape index (κ1) is 17.1. The van der Waals surface area contributed by atoms with Gasteiger partial charge in [0, 0.05) is 17.3 Å². The van der Waals surface area contributed by atoms with E-state index < -0.39 is 17.5 Å². The molecule has 0 spiro atoms. The number of halogens is 2. The van der Waals surface area contributed by atoms with Gasteiger partial charge in [-0.05, 0) is 29.8 Å². The zero-order valence-corrected chi connectivity index (χ0v) is 13.6. The van der Waals surface area contributed by atoms with Crippen LogP contribution in [0.5, 0.6) is 0 Å². The largest absolute Gasteiger partial charge is 0.322 e. The second-order valence-corrected chi connectivity index (χ2v) is 6.27. The molecule has 1 fully saturated rings. The van der Waals surface area contributed by atoms with E-state index in [1.54, 1.807) is 12.1 Å². The summed E-state index contributed by atoms with van der Waals surface area (Å²) in [4.78, 5) is 36.6. The Morgan fingerprint density at radius 3 is 2.48 bits per heavy atom. The van der Waals surface area contributed by atoms with Crippen molar-refractivity contribution in [3.63, 3.8) is 0 Å². The van der Waals surface area contributed by atoms with E-state index in [0.29, 0.717) is 11.6 Å². The van der Waals surface area contributed by atoms with Crippen molar-refractivity contribution >= 4 is 34.5 Å². The molecule has 8 heteroatoms. The summed E-state index contributed by atoms with van der Waals surface area (Å²) in [5, 5.41) is 2.08. The van der Waals surface area contributed by atoms with Gasteiger partial charge in [-0.25, -0.2) is 8.78 Å². The van der Waals surface area contributed by atoms with Gasteiger partial charge in [-0.2, -0.15) is 0 Å². The molecule has 2 aromatic carbocycles. The molecule has 1 aliphatic heterocycles. The first-order chi connectivity index (χ1) is 11.9. The van der Waals surface area contributed by atoms with Crippen molar-refractivity contribution in [1.29, 1.82) is 0 Å². The molecular formula is C17H12F2N2O3S. The van der Waals surface area contributed by atoms with E-state index >= 15 is 0 Å². The number of carbonyl (C=O) groups excluding carboxylic acids is 3. The topological polar surface area (TPSA) is 66.5 Å². The number of nitrogens with one attached hydrogen (secondary N) is 1. The SMILES string of the molecule is O=C(Nc1cc(F)cc(F)c1)c1cccc(CN2C(=O)CSC2=O)c1. The third kappa shape index (κ3) is 4.03. The number of thioether (sulfide) groups is 1. The normalized spacial score (nSPS) is 14.1. The average molecular weight is 362 g/mol. The van der Waals surface area contributed by atoms with Gasteiger partial charge in [-0.3, -0.25) is 19.3 Å². The minimum Gasteiger partial charge on any atom is -0.322 e. The van der Waals surface area contributed by atoms with Crippen molar-refractivity contribution in [2.24, 2.45) is 0 Å².